The summed E-state index contributed by atoms with van der Waals surface area (Å²) in [4.78, 5) is 25.3. The summed E-state index contributed by atoms with van der Waals surface area (Å²) in [6.07, 6.45) is 0. The number of carbonyl (C=O) groups is 2. The van der Waals surface area contributed by atoms with E-state index in [1.165, 1.54) is 6.92 Å². The highest BCUT2D eigenvalue weighted by Gasteiger charge is 2.09. The molecular formula is C11H16N2O2. The molecule has 0 aliphatic carbocycles. The first-order valence-electron chi connectivity index (χ1n) is 4.99. The molecule has 2 N–H and O–H groups in total. The number of aromatic nitrogens is 1. The quantitative estimate of drug-likeness (QED) is 0.738. The number of ketones is 1. The molecule has 1 aromatic rings. The van der Waals surface area contributed by atoms with Gasteiger partial charge in [0.2, 0.25) is 0 Å². The summed E-state index contributed by atoms with van der Waals surface area (Å²) in [6, 6.07) is 3.24. The Morgan fingerprint density at radius 2 is 1.93 bits per heavy atom. The molecule has 0 saturated heterocycles. The van der Waals surface area contributed by atoms with E-state index in [0.717, 1.165) is 0 Å². The van der Waals surface area contributed by atoms with Crippen LogP contribution < -0.4 is 5.32 Å². The third-order valence-electron chi connectivity index (χ3n) is 1.98. The molecule has 0 radical (unpaired) electrons. The number of amides is 1. The lowest BCUT2D eigenvalue weighted by molar-refractivity contribution is 0.0944. The van der Waals surface area contributed by atoms with E-state index in [9.17, 15) is 9.59 Å². The van der Waals surface area contributed by atoms with Crippen molar-refractivity contribution >= 4 is 11.7 Å². The van der Waals surface area contributed by atoms with Gasteiger partial charge >= 0.3 is 0 Å². The van der Waals surface area contributed by atoms with Crippen molar-refractivity contribution in [3.05, 3.63) is 23.5 Å². The molecule has 4 nitrogen and oxygen atoms in total. The van der Waals surface area contributed by atoms with Gasteiger partial charge in [0.1, 0.15) is 5.69 Å². The first-order valence-corrected chi connectivity index (χ1v) is 4.99. The van der Waals surface area contributed by atoms with Crippen LogP contribution in [0.25, 0.3) is 0 Å². The fourth-order valence-electron chi connectivity index (χ4n) is 1.12. The summed E-state index contributed by atoms with van der Waals surface area (Å²) in [7, 11) is 0. The highest BCUT2D eigenvalue weighted by Crippen LogP contribution is 2.02. The SMILES string of the molecule is CC(=O)c1ccc(C(=O)NCC(C)C)[nH]1. The number of H-pyrrole nitrogens is 1. The summed E-state index contributed by atoms with van der Waals surface area (Å²) in [5.74, 6) is 0.172. The van der Waals surface area contributed by atoms with Crippen LogP contribution in [0.5, 0.6) is 0 Å². The van der Waals surface area contributed by atoms with E-state index in [1.807, 2.05) is 13.8 Å². The van der Waals surface area contributed by atoms with Crippen LogP contribution in [0.3, 0.4) is 0 Å². The van der Waals surface area contributed by atoms with Gasteiger partial charge in [-0.1, -0.05) is 13.8 Å². The Morgan fingerprint density at radius 1 is 1.33 bits per heavy atom. The summed E-state index contributed by atoms with van der Waals surface area (Å²) < 4.78 is 0. The molecule has 0 bridgehead atoms. The number of nitrogens with one attached hydrogen (secondary N) is 2. The van der Waals surface area contributed by atoms with Crippen LogP contribution in [0.2, 0.25) is 0 Å². The van der Waals surface area contributed by atoms with Crippen LogP contribution in [0, 0.1) is 5.92 Å². The van der Waals surface area contributed by atoms with Crippen LogP contribution in [-0.2, 0) is 0 Å². The minimum absolute atomic E-state index is 0.0714. The lowest BCUT2D eigenvalue weighted by atomic mass is 10.2. The molecule has 0 unspecified atom stereocenters. The Bertz CT molecular complexity index is 366. The predicted molar refractivity (Wildman–Crippen MR) is 58.0 cm³/mol. The van der Waals surface area contributed by atoms with Gasteiger partial charge in [-0.05, 0) is 18.1 Å². The topological polar surface area (TPSA) is 62.0 Å². The molecule has 0 aromatic carbocycles. The van der Waals surface area contributed by atoms with Crippen molar-refractivity contribution in [3.63, 3.8) is 0 Å². The first-order chi connectivity index (χ1) is 7.00. The van der Waals surface area contributed by atoms with Crippen molar-refractivity contribution in [2.24, 2.45) is 5.92 Å². The van der Waals surface area contributed by atoms with E-state index in [2.05, 4.69) is 10.3 Å². The number of carbonyl (C=O) groups excluding carboxylic acids is 2. The monoisotopic (exact) mass is 208 g/mol. The van der Waals surface area contributed by atoms with E-state index >= 15 is 0 Å². The molecule has 0 saturated carbocycles. The molecule has 1 rings (SSSR count). The normalized spacial score (nSPS) is 10.4. The van der Waals surface area contributed by atoms with Gasteiger partial charge in [-0.3, -0.25) is 9.59 Å². The van der Waals surface area contributed by atoms with Gasteiger partial charge in [0.05, 0.1) is 5.69 Å². The zero-order valence-corrected chi connectivity index (χ0v) is 9.26. The number of Topliss-reactive ketones (excluding diaryl/α,β-unsaturated/α-hetero) is 1. The third-order valence-corrected chi connectivity index (χ3v) is 1.98. The predicted octanol–water partition coefficient (Wildman–Crippen LogP) is 1.60. The maximum atomic E-state index is 11.5. The van der Waals surface area contributed by atoms with Gasteiger partial charge in [-0.2, -0.15) is 0 Å². The molecule has 0 aliphatic rings. The number of hydrogen-bond acceptors (Lipinski definition) is 2. The van der Waals surface area contributed by atoms with Gasteiger partial charge in [0, 0.05) is 13.5 Å². The molecule has 1 heterocycles. The van der Waals surface area contributed by atoms with E-state index in [0.29, 0.717) is 23.9 Å². The number of hydrogen-bond donors (Lipinski definition) is 2. The second-order valence-corrected chi connectivity index (χ2v) is 3.95. The van der Waals surface area contributed by atoms with Crippen LogP contribution in [-0.4, -0.2) is 23.2 Å². The molecule has 0 fully saturated rings. The Hall–Kier alpha value is -1.58. The lowest BCUT2D eigenvalue weighted by Gasteiger charge is -2.05. The summed E-state index contributed by atoms with van der Waals surface area (Å²) in [6.45, 7) is 6.14. The van der Waals surface area contributed by atoms with Gasteiger partial charge in [-0.25, -0.2) is 0 Å². The molecule has 15 heavy (non-hydrogen) atoms. The zero-order valence-electron chi connectivity index (χ0n) is 9.26. The Morgan fingerprint density at radius 3 is 2.40 bits per heavy atom. The molecule has 1 aromatic heterocycles. The second-order valence-electron chi connectivity index (χ2n) is 3.95. The maximum absolute atomic E-state index is 11.5. The molecule has 82 valence electrons. The minimum atomic E-state index is -0.170. The first kappa shape index (κ1) is 11.5. The Kier molecular flexibility index (Phi) is 3.66. The van der Waals surface area contributed by atoms with Crippen molar-refractivity contribution in [1.82, 2.24) is 10.3 Å². The van der Waals surface area contributed by atoms with E-state index in [4.69, 9.17) is 0 Å². The number of rotatable bonds is 4. The number of aromatic amines is 1. The van der Waals surface area contributed by atoms with Gasteiger partial charge in [0.25, 0.3) is 5.91 Å². The van der Waals surface area contributed by atoms with Crippen LogP contribution >= 0.6 is 0 Å². The Labute approximate surface area is 89.1 Å². The minimum Gasteiger partial charge on any atom is -0.351 e. The van der Waals surface area contributed by atoms with Crippen LogP contribution in [0.15, 0.2) is 12.1 Å². The van der Waals surface area contributed by atoms with Crippen molar-refractivity contribution < 1.29 is 9.59 Å². The fraction of sp³-hybridized carbons (Fsp3) is 0.455. The molecule has 4 heteroatoms. The van der Waals surface area contributed by atoms with Crippen molar-refractivity contribution in [2.75, 3.05) is 6.54 Å². The van der Waals surface area contributed by atoms with Crippen LogP contribution in [0.1, 0.15) is 41.7 Å². The average Bonchev–Trinajstić information content (AvgIpc) is 2.62. The molecule has 0 aliphatic heterocycles. The summed E-state index contributed by atoms with van der Waals surface area (Å²) in [5.41, 5.74) is 0.894. The third kappa shape index (κ3) is 3.23. The molecular weight excluding hydrogens is 192 g/mol. The summed E-state index contributed by atoms with van der Waals surface area (Å²) in [5, 5.41) is 2.77. The molecule has 0 spiro atoms. The highest BCUT2D eigenvalue weighted by molar-refractivity contribution is 5.97. The lowest BCUT2D eigenvalue weighted by Crippen LogP contribution is -2.27. The standard InChI is InChI=1S/C11H16N2O2/c1-7(2)6-12-11(15)10-5-4-9(13-10)8(3)14/h4-5,7,13H,6H2,1-3H3,(H,12,15). The maximum Gasteiger partial charge on any atom is 0.267 e. The average molecular weight is 208 g/mol. The second kappa shape index (κ2) is 4.77. The molecule has 1 amide bonds. The highest BCUT2D eigenvalue weighted by atomic mass is 16.2. The van der Waals surface area contributed by atoms with E-state index < -0.39 is 0 Å². The van der Waals surface area contributed by atoms with Crippen molar-refractivity contribution in [3.8, 4) is 0 Å². The van der Waals surface area contributed by atoms with Gasteiger partial charge < -0.3 is 10.3 Å². The molecule has 0 atom stereocenters. The van der Waals surface area contributed by atoms with Crippen LogP contribution in [0.4, 0.5) is 0 Å². The van der Waals surface area contributed by atoms with Gasteiger partial charge in [0.15, 0.2) is 5.78 Å². The zero-order chi connectivity index (χ0) is 11.4. The van der Waals surface area contributed by atoms with E-state index in [1.54, 1.807) is 12.1 Å². The van der Waals surface area contributed by atoms with Crippen molar-refractivity contribution in [2.45, 2.75) is 20.8 Å². The smallest absolute Gasteiger partial charge is 0.267 e. The van der Waals surface area contributed by atoms with Gasteiger partial charge in [-0.15, -0.1) is 0 Å². The Balaban J connectivity index is 2.62. The van der Waals surface area contributed by atoms with E-state index in [-0.39, 0.29) is 11.7 Å². The fourth-order valence-corrected chi connectivity index (χ4v) is 1.12. The largest absolute Gasteiger partial charge is 0.351 e. The summed E-state index contributed by atoms with van der Waals surface area (Å²) >= 11 is 0. The van der Waals surface area contributed by atoms with Crippen molar-refractivity contribution in [1.29, 1.82) is 0 Å².